The molecule has 0 saturated carbocycles. The summed E-state index contributed by atoms with van der Waals surface area (Å²) in [4.78, 5) is 24.7. The fourth-order valence-corrected chi connectivity index (χ4v) is 3.48. The Kier molecular flexibility index (Phi) is 6.12. The lowest BCUT2D eigenvalue weighted by Gasteiger charge is -2.24. The zero-order valence-electron chi connectivity index (χ0n) is 15.8. The third-order valence-electron chi connectivity index (χ3n) is 5.09. The molecule has 0 fully saturated rings. The van der Waals surface area contributed by atoms with Gasteiger partial charge in [-0.3, -0.25) is 9.59 Å². The molecule has 0 aliphatic carbocycles. The number of hydrogen-bond donors (Lipinski definition) is 2. The maximum Gasteiger partial charge on any atom is 0.227 e. The van der Waals surface area contributed by atoms with E-state index in [-0.39, 0.29) is 23.8 Å². The van der Waals surface area contributed by atoms with Gasteiger partial charge in [-0.25, -0.2) is 0 Å². The number of carbonyl (C=O) groups excluding carboxylic acids is 2. The minimum atomic E-state index is -0.160. The molecule has 0 radical (unpaired) electrons. The minimum absolute atomic E-state index is 0.00342. The zero-order valence-corrected chi connectivity index (χ0v) is 15.8. The predicted molar refractivity (Wildman–Crippen MR) is 106 cm³/mol. The second kappa shape index (κ2) is 8.71. The van der Waals surface area contributed by atoms with Crippen molar-refractivity contribution in [2.24, 2.45) is 5.92 Å². The van der Waals surface area contributed by atoms with Crippen molar-refractivity contribution in [3.05, 3.63) is 59.7 Å². The largest absolute Gasteiger partial charge is 0.497 e. The number of hydrogen-bond acceptors (Lipinski definition) is 3. The van der Waals surface area contributed by atoms with Gasteiger partial charge in [-0.05, 0) is 48.6 Å². The molecule has 2 unspecified atom stereocenters. The van der Waals surface area contributed by atoms with Gasteiger partial charge in [0.15, 0.2) is 0 Å². The number of carbonyl (C=O) groups is 2. The lowest BCUT2D eigenvalue weighted by atomic mass is 9.89. The van der Waals surface area contributed by atoms with Crippen molar-refractivity contribution >= 4 is 17.5 Å². The third kappa shape index (κ3) is 4.67. The van der Waals surface area contributed by atoms with Crippen LogP contribution in [0.25, 0.3) is 0 Å². The summed E-state index contributed by atoms with van der Waals surface area (Å²) in [6.45, 7) is 2.04. The molecule has 27 heavy (non-hydrogen) atoms. The third-order valence-corrected chi connectivity index (χ3v) is 5.09. The fourth-order valence-electron chi connectivity index (χ4n) is 3.48. The minimum Gasteiger partial charge on any atom is -0.497 e. The van der Waals surface area contributed by atoms with Gasteiger partial charge in [0.2, 0.25) is 11.8 Å². The van der Waals surface area contributed by atoms with Crippen LogP contribution in [0.15, 0.2) is 48.5 Å². The molecule has 2 atom stereocenters. The Hall–Kier alpha value is -2.82. The number of anilines is 1. The monoisotopic (exact) mass is 366 g/mol. The normalized spacial score (nSPS) is 16.8. The molecule has 142 valence electrons. The van der Waals surface area contributed by atoms with Gasteiger partial charge in [-0.1, -0.05) is 37.3 Å². The Morgan fingerprint density at radius 1 is 1.22 bits per heavy atom. The van der Waals surface area contributed by atoms with E-state index >= 15 is 0 Å². The standard InChI is InChI=1S/C22H26N2O3/c1-3-19(15-8-11-18(27-2)12-9-15)23-21(25)13-10-17-14-16-6-4-5-7-20(16)24-22(17)26/h4-9,11-12,17,19H,3,10,13-14H2,1-2H3,(H,23,25)(H,24,26). The predicted octanol–water partition coefficient (Wildman–Crippen LogP) is 3.85. The Morgan fingerprint density at radius 2 is 1.96 bits per heavy atom. The maximum atomic E-state index is 12.4. The molecule has 0 saturated heterocycles. The van der Waals surface area contributed by atoms with E-state index in [1.165, 1.54) is 0 Å². The fraction of sp³-hybridized carbons (Fsp3) is 0.364. The second-order valence-corrected chi connectivity index (χ2v) is 6.89. The number of ether oxygens (including phenoxy) is 1. The van der Waals surface area contributed by atoms with Gasteiger partial charge < -0.3 is 15.4 Å². The van der Waals surface area contributed by atoms with Gasteiger partial charge in [0.05, 0.1) is 13.2 Å². The summed E-state index contributed by atoms with van der Waals surface area (Å²) in [5, 5.41) is 6.02. The van der Waals surface area contributed by atoms with E-state index in [4.69, 9.17) is 4.74 Å². The van der Waals surface area contributed by atoms with Gasteiger partial charge in [0, 0.05) is 18.0 Å². The number of benzene rings is 2. The SMILES string of the molecule is CCC(NC(=O)CCC1Cc2ccccc2NC1=O)c1ccc(OC)cc1. The number of nitrogens with one attached hydrogen (secondary N) is 2. The first-order valence-corrected chi connectivity index (χ1v) is 9.42. The highest BCUT2D eigenvalue weighted by Gasteiger charge is 2.26. The summed E-state index contributed by atoms with van der Waals surface area (Å²) in [5.41, 5.74) is 3.07. The van der Waals surface area contributed by atoms with E-state index in [9.17, 15) is 9.59 Å². The molecule has 2 aromatic carbocycles. The molecule has 2 N–H and O–H groups in total. The molecule has 1 aliphatic rings. The van der Waals surface area contributed by atoms with Crippen molar-refractivity contribution in [3.63, 3.8) is 0 Å². The van der Waals surface area contributed by atoms with Gasteiger partial charge in [0.1, 0.15) is 5.75 Å². The van der Waals surface area contributed by atoms with Crippen molar-refractivity contribution in [2.75, 3.05) is 12.4 Å². The van der Waals surface area contributed by atoms with Crippen molar-refractivity contribution < 1.29 is 14.3 Å². The van der Waals surface area contributed by atoms with Crippen LogP contribution >= 0.6 is 0 Å². The van der Waals surface area contributed by atoms with Crippen molar-refractivity contribution in [3.8, 4) is 5.75 Å². The molecular weight excluding hydrogens is 340 g/mol. The highest BCUT2D eigenvalue weighted by molar-refractivity contribution is 5.96. The van der Waals surface area contributed by atoms with E-state index in [2.05, 4.69) is 10.6 Å². The highest BCUT2D eigenvalue weighted by atomic mass is 16.5. The molecule has 1 heterocycles. The van der Waals surface area contributed by atoms with Gasteiger partial charge >= 0.3 is 0 Å². The Morgan fingerprint density at radius 3 is 2.67 bits per heavy atom. The number of methoxy groups -OCH3 is 1. The number of rotatable bonds is 7. The summed E-state index contributed by atoms with van der Waals surface area (Å²) < 4.78 is 5.18. The summed E-state index contributed by atoms with van der Waals surface area (Å²) in [5.74, 6) is 0.614. The van der Waals surface area contributed by atoms with E-state index in [1.54, 1.807) is 7.11 Å². The van der Waals surface area contributed by atoms with Crippen LogP contribution in [0.3, 0.4) is 0 Å². The topological polar surface area (TPSA) is 67.4 Å². The lowest BCUT2D eigenvalue weighted by molar-refractivity contribution is -0.123. The zero-order chi connectivity index (χ0) is 19.2. The molecule has 2 aromatic rings. The summed E-state index contributed by atoms with van der Waals surface area (Å²) in [6.07, 6.45) is 2.37. The van der Waals surface area contributed by atoms with E-state index in [0.29, 0.717) is 19.3 Å². The smallest absolute Gasteiger partial charge is 0.227 e. The lowest BCUT2D eigenvalue weighted by Crippen LogP contribution is -2.32. The average molecular weight is 366 g/mol. The van der Waals surface area contributed by atoms with Crippen molar-refractivity contribution in [1.29, 1.82) is 0 Å². The van der Waals surface area contributed by atoms with Crippen LogP contribution in [0, 0.1) is 5.92 Å². The van der Waals surface area contributed by atoms with Crippen LogP contribution in [-0.2, 0) is 16.0 Å². The van der Waals surface area contributed by atoms with Crippen LogP contribution in [0.2, 0.25) is 0 Å². The molecule has 0 spiro atoms. The summed E-state index contributed by atoms with van der Waals surface area (Å²) in [6, 6.07) is 15.5. The first kappa shape index (κ1) is 19.0. The summed E-state index contributed by atoms with van der Waals surface area (Å²) in [7, 11) is 1.63. The molecule has 5 nitrogen and oxygen atoms in total. The van der Waals surface area contributed by atoms with Crippen molar-refractivity contribution in [2.45, 2.75) is 38.6 Å². The van der Waals surface area contributed by atoms with Crippen LogP contribution in [-0.4, -0.2) is 18.9 Å². The second-order valence-electron chi connectivity index (χ2n) is 6.89. The number of fused-ring (bicyclic) bond motifs is 1. The Balaban J connectivity index is 1.54. The quantitative estimate of drug-likeness (QED) is 0.782. The molecule has 0 aromatic heterocycles. The van der Waals surface area contributed by atoms with E-state index < -0.39 is 0 Å². The number of para-hydroxylation sites is 1. The molecule has 0 bridgehead atoms. The number of amides is 2. The van der Waals surface area contributed by atoms with E-state index in [0.717, 1.165) is 29.0 Å². The van der Waals surface area contributed by atoms with Crippen molar-refractivity contribution in [1.82, 2.24) is 5.32 Å². The Bertz CT molecular complexity index is 801. The molecule has 1 aliphatic heterocycles. The van der Waals surface area contributed by atoms with Gasteiger partial charge in [0.25, 0.3) is 0 Å². The van der Waals surface area contributed by atoms with Crippen LogP contribution in [0.5, 0.6) is 5.75 Å². The summed E-state index contributed by atoms with van der Waals surface area (Å²) >= 11 is 0. The maximum absolute atomic E-state index is 12.4. The van der Waals surface area contributed by atoms with E-state index in [1.807, 2.05) is 55.5 Å². The average Bonchev–Trinajstić information content (AvgIpc) is 2.70. The van der Waals surface area contributed by atoms with Crippen LogP contribution in [0.1, 0.15) is 43.4 Å². The van der Waals surface area contributed by atoms with Gasteiger partial charge in [-0.2, -0.15) is 0 Å². The first-order chi connectivity index (χ1) is 13.1. The van der Waals surface area contributed by atoms with Crippen LogP contribution < -0.4 is 15.4 Å². The highest BCUT2D eigenvalue weighted by Crippen LogP contribution is 2.27. The molecule has 5 heteroatoms. The molecule has 2 amide bonds. The molecule has 3 rings (SSSR count). The molecular formula is C22H26N2O3. The van der Waals surface area contributed by atoms with Gasteiger partial charge in [-0.15, -0.1) is 0 Å². The Labute approximate surface area is 160 Å². The first-order valence-electron chi connectivity index (χ1n) is 9.42. The van der Waals surface area contributed by atoms with Crippen LogP contribution in [0.4, 0.5) is 5.69 Å².